The first kappa shape index (κ1) is 33.7. The lowest BCUT2D eigenvalue weighted by atomic mass is 9.78. The lowest BCUT2D eigenvalue weighted by molar-refractivity contribution is -0.153. The third-order valence-electron chi connectivity index (χ3n) is 7.13. The summed E-state index contributed by atoms with van der Waals surface area (Å²) >= 11 is 0. The molecule has 0 saturated carbocycles. The average molecular weight is 555 g/mol. The van der Waals surface area contributed by atoms with E-state index in [-0.39, 0.29) is 23.6 Å². The van der Waals surface area contributed by atoms with E-state index in [9.17, 15) is 4.79 Å². The SMILES string of the molecule is CCOCOc1c(C(C)(C)C)cc(CCCc2cccc(OCCCC(C)(C)C(=O)OCC)c2)cc1C(C)(C)C. The van der Waals surface area contributed by atoms with Gasteiger partial charge in [-0.15, -0.1) is 0 Å². The van der Waals surface area contributed by atoms with Crippen molar-refractivity contribution in [2.45, 2.75) is 112 Å². The molecule has 5 nitrogen and oxygen atoms in total. The molecule has 0 bridgehead atoms. The zero-order valence-electron chi connectivity index (χ0n) is 26.9. The van der Waals surface area contributed by atoms with Crippen LogP contribution in [0.2, 0.25) is 0 Å². The molecule has 0 aromatic heterocycles. The molecule has 0 radical (unpaired) electrons. The Labute approximate surface area is 243 Å². The number of carbonyl (C=O) groups excluding carboxylic acids is 1. The first-order valence-electron chi connectivity index (χ1n) is 15.0. The fourth-order valence-corrected chi connectivity index (χ4v) is 4.71. The monoisotopic (exact) mass is 554 g/mol. The number of aryl methyl sites for hydroxylation is 2. The molecule has 2 aromatic carbocycles. The van der Waals surface area contributed by atoms with Gasteiger partial charge in [-0.1, -0.05) is 65.8 Å². The maximum Gasteiger partial charge on any atom is 0.311 e. The fourth-order valence-electron chi connectivity index (χ4n) is 4.71. The highest BCUT2D eigenvalue weighted by molar-refractivity contribution is 5.75. The highest BCUT2D eigenvalue weighted by Gasteiger charge is 2.29. The largest absolute Gasteiger partial charge is 0.494 e. The Hall–Kier alpha value is -2.53. The van der Waals surface area contributed by atoms with Crippen LogP contribution in [0.5, 0.6) is 11.5 Å². The van der Waals surface area contributed by atoms with Crippen LogP contribution in [0.25, 0.3) is 0 Å². The maximum absolute atomic E-state index is 12.1. The van der Waals surface area contributed by atoms with Gasteiger partial charge in [-0.05, 0) is 93.9 Å². The van der Waals surface area contributed by atoms with Gasteiger partial charge in [0.1, 0.15) is 11.5 Å². The first-order chi connectivity index (χ1) is 18.7. The summed E-state index contributed by atoms with van der Waals surface area (Å²) in [6.45, 7) is 23.1. The minimum absolute atomic E-state index is 0.0469. The number of hydrogen-bond acceptors (Lipinski definition) is 5. The van der Waals surface area contributed by atoms with Gasteiger partial charge in [0.15, 0.2) is 6.79 Å². The van der Waals surface area contributed by atoms with Gasteiger partial charge in [-0.25, -0.2) is 0 Å². The minimum Gasteiger partial charge on any atom is -0.494 e. The molecule has 2 rings (SSSR count). The van der Waals surface area contributed by atoms with Gasteiger partial charge in [0, 0.05) is 17.7 Å². The van der Waals surface area contributed by atoms with Crippen molar-refractivity contribution in [3.8, 4) is 11.5 Å². The molecule has 0 saturated heterocycles. The van der Waals surface area contributed by atoms with E-state index in [2.05, 4.69) is 71.9 Å². The molecule has 0 amide bonds. The molecule has 224 valence electrons. The van der Waals surface area contributed by atoms with Crippen LogP contribution in [0.1, 0.15) is 111 Å². The van der Waals surface area contributed by atoms with E-state index in [0.29, 0.717) is 19.8 Å². The highest BCUT2D eigenvalue weighted by atomic mass is 16.7. The van der Waals surface area contributed by atoms with Gasteiger partial charge in [-0.2, -0.15) is 0 Å². The van der Waals surface area contributed by atoms with Crippen molar-refractivity contribution in [3.05, 3.63) is 58.7 Å². The predicted octanol–water partition coefficient (Wildman–Crippen LogP) is 8.58. The molecule has 2 aromatic rings. The molecule has 0 aliphatic heterocycles. The number of hydrogen-bond donors (Lipinski definition) is 0. The van der Waals surface area contributed by atoms with Crippen LogP contribution < -0.4 is 9.47 Å². The van der Waals surface area contributed by atoms with Crippen LogP contribution in [-0.4, -0.2) is 32.6 Å². The van der Waals surface area contributed by atoms with E-state index in [0.717, 1.165) is 43.6 Å². The molecule has 0 aliphatic rings. The summed E-state index contributed by atoms with van der Waals surface area (Å²) in [4.78, 5) is 12.1. The van der Waals surface area contributed by atoms with Gasteiger partial charge in [0.2, 0.25) is 0 Å². The van der Waals surface area contributed by atoms with E-state index in [1.54, 1.807) is 0 Å². The van der Waals surface area contributed by atoms with Crippen molar-refractivity contribution in [1.29, 1.82) is 0 Å². The number of ether oxygens (including phenoxy) is 4. The Morgan fingerprint density at radius 1 is 0.750 bits per heavy atom. The summed E-state index contributed by atoms with van der Waals surface area (Å²) < 4.78 is 23.0. The number of esters is 1. The van der Waals surface area contributed by atoms with Crippen molar-refractivity contribution in [2.75, 3.05) is 26.6 Å². The van der Waals surface area contributed by atoms with Crippen LogP contribution >= 0.6 is 0 Å². The van der Waals surface area contributed by atoms with Gasteiger partial charge in [0.25, 0.3) is 0 Å². The van der Waals surface area contributed by atoms with E-state index in [1.165, 1.54) is 22.3 Å². The molecule has 0 aliphatic carbocycles. The Morgan fingerprint density at radius 3 is 1.95 bits per heavy atom. The Morgan fingerprint density at radius 2 is 1.38 bits per heavy atom. The molecule has 0 unspecified atom stereocenters. The molecule has 0 spiro atoms. The Bertz CT molecular complexity index is 1040. The molecular formula is C35H54O5. The maximum atomic E-state index is 12.1. The van der Waals surface area contributed by atoms with Gasteiger partial charge >= 0.3 is 5.97 Å². The highest BCUT2D eigenvalue weighted by Crippen LogP contribution is 2.41. The van der Waals surface area contributed by atoms with Crippen LogP contribution in [0.4, 0.5) is 0 Å². The van der Waals surface area contributed by atoms with Crippen LogP contribution in [-0.2, 0) is 37.9 Å². The molecule has 5 heteroatoms. The Balaban J connectivity index is 2.05. The van der Waals surface area contributed by atoms with E-state index in [4.69, 9.17) is 18.9 Å². The van der Waals surface area contributed by atoms with Crippen LogP contribution in [0.15, 0.2) is 36.4 Å². The molecular weight excluding hydrogens is 500 g/mol. The van der Waals surface area contributed by atoms with Crippen molar-refractivity contribution >= 4 is 5.97 Å². The normalized spacial score (nSPS) is 12.3. The molecule has 0 atom stereocenters. The summed E-state index contributed by atoms with van der Waals surface area (Å²) in [5.74, 6) is 1.70. The van der Waals surface area contributed by atoms with Crippen molar-refractivity contribution < 1.29 is 23.7 Å². The number of carbonyl (C=O) groups is 1. The average Bonchev–Trinajstić information content (AvgIpc) is 2.86. The second kappa shape index (κ2) is 14.9. The third kappa shape index (κ3) is 10.5. The van der Waals surface area contributed by atoms with Crippen molar-refractivity contribution in [1.82, 2.24) is 0 Å². The van der Waals surface area contributed by atoms with Gasteiger partial charge in [0.05, 0.1) is 18.6 Å². The van der Waals surface area contributed by atoms with Crippen LogP contribution in [0.3, 0.4) is 0 Å². The fraction of sp³-hybridized carbons (Fsp3) is 0.629. The number of benzene rings is 2. The summed E-state index contributed by atoms with van der Waals surface area (Å²) in [5, 5.41) is 0. The summed E-state index contributed by atoms with van der Waals surface area (Å²) in [7, 11) is 0. The zero-order valence-corrected chi connectivity index (χ0v) is 26.9. The quantitative estimate of drug-likeness (QED) is 0.125. The summed E-state index contributed by atoms with van der Waals surface area (Å²) in [6, 6.07) is 13.0. The number of rotatable bonds is 15. The Kier molecular flexibility index (Phi) is 12.6. The molecule has 40 heavy (non-hydrogen) atoms. The molecule has 0 fully saturated rings. The summed E-state index contributed by atoms with van der Waals surface area (Å²) in [6.07, 6.45) is 4.54. The van der Waals surface area contributed by atoms with E-state index < -0.39 is 5.41 Å². The molecule has 0 N–H and O–H groups in total. The van der Waals surface area contributed by atoms with Gasteiger partial charge < -0.3 is 18.9 Å². The van der Waals surface area contributed by atoms with Gasteiger partial charge in [-0.3, -0.25) is 4.79 Å². The second-order valence-electron chi connectivity index (χ2n) is 13.3. The van der Waals surface area contributed by atoms with E-state index in [1.807, 2.05) is 33.8 Å². The standard InChI is InChI=1S/C35H54O5/c1-11-37-25-40-31-29(33(3,4)5)23-27(24-30(31)34(6,7)8)18-13-16-26-17-14-19-28(22-26)39-21-15-20-35(9,10)32(36)38-12-2/h14,17,19,22-24H,11-13,15-16,18,20-21,25H2,1-10H3. The minimum atomic E-state index is -0.492. The predicted molar refractivity (Wildman–Crippen MR) is 165 cm³/mol. The topological polar surface area (TPSA) is 54.0 Å². The van der Waals surface area contributed by atoms with Crippen molar-refractivity contribution in [2.24, 2.45) is 5.41 Å². The lowest BCUT2D eigenvalue weighted by Gasteiger charge is -2.30. The third-order valence-corrected chi connectivity index (χ3v) is 7.13. The second-order valence-corrected chi connectivity index (χ2v) is 13.3. The summed E-state index contributed by atoms with van der Waals surface area (Å²) in [5.41, 5.74) is 4.49. The lowest BCUT2D eigenvalue weighted by Crippen LogP contribution is -2.27. The first-order valence-corrected chi connectivity index (χ1v) is 15.0. The van der Waals surface area contributed by atoms with Crippen LogP contribution in [0, 0.1) is 5.41 Å². The molecule has 0 heterocycles. The van der Waals surface area contributed by atoms with E-state index >= 15 is 0 Å². The smallest absolute Gasteiger partial charge is 0.311 e. The zero-order chi connectivity index (χ0) is 30.0. The van der Waals surface area contributed by atoms with Crippen molar-refractivity contribution in [3.63, 3.8) is 0 Å².